The molecule has 1 fully saturated rings. The summed E-state index contributed by atoms with van der Waals surface area (Å²) >= 11 is 0. The van der Waals surface area contributed by atoms with Crippen LogP contribution in [-0.2, 0) is 33.3 Å². The second-order valence-corrected chi connectivity index (χ2v) is 4.59. The van der Waals surface area contributed by atoms with Crippen molar-refractivity contribution >= 4 is 17.9 Å². The Labute approximate surface area is 121 Å². The third-order valence-corrected chi connectivity index (χ3v) is 2.77. The molecular weight excluding hydrogens is 286 g/mol. The maximum absolute atomic E-state index is 11.2. The average molecular weight is 305 g/mol. The summed E-state index contributed by atoms with van der Waals surface area (Å²) in [7, 11) is 0. The highest BCUT2D eigenvalue weighted by Crippen LogP contribution is 2.24. The van der Waals surface area contributed by atoms with E-state index in [0.29, 0.717) is 0 Å². The van der Waals surface area contributed by atoms with Gasteiger partial charge in [0.25, 0.3) is 0 Å². The zero-order valence-electron chi connectivity index (χ0n) is 12.0. The van der Waals surface area contributed by atoms with E-state index in [4.69, 9.17) is 24.7 Å². The molecule has 120 valence electrons. The number of nitrogens with two attached hydrogens (primary N) is 1. The van der Waals surface area contributed by atoms with Crippen LogP contribution in [0.1, 0.15) is 20.8 Å². The lowest BCUT2D eigenvalue weighted by Gasteiger charge is -2.41. The first-order chi connectivity index (χ1) is 9.72. The van der Waals surface area contributed by atoms with Crippen LogP contribution in [0.25, 0.3) is 0 Å². The summed E-state index contributed by atoms with van der Waals surface area (Å²) in [6.07, 6.45) is -4.67. The second-order valence-electron chi connectivity index (χ2n) is 4.59. The molecule has 0 bridgehead atoms. The lowest BCUT2D eigenvalue weighted by Crippen LogP contribution is -2.64. The van der Waals surface area contributed by atoms with E-state index in [-0.39, 0.29) is 6.61 Å². The van der Waals surface area contributed by atoms with Crippen LogP contribution in [0.15, 0.2) is 0 Å². The Kier molecular flexibility index (Phi) is 6.06. The number of aliphatic hydroxyl groups excluding tert-OH is 1. The molecule has 0 aliphatic carbocycles. The van der Waals surface area contributed by atoms with Crippen LogP contribution in [-0.4, -0.2) is 60.3 Å². The average Bonchev–Trinajstić information content (AvgIpc) is 2.35. The Balaban J connectivity index is 2.94. The molecule has 0 aromatic rings. The van der Waals surface area contributed by atoms with E-state index in [0.717, 1.165) is 13.8 Å². The normalized spacial score (nSPS) is 32.1. The highest BCUT2D eigenvalue weighted by atomic mass is 16.7. The minimum absolute atomic E-state index is 0.283. The summed E-state index contributed by atoms with van der Waals surface area (Å²) in [5.41, 5.74) is 5.70. The molecule has 2 unspecified atom stereocenters. The maximum atomic E-state index is 11.2. The predicted molar refractivity (Wildman–Crippen MR) is 66.6 cm³/mol. The van der Waals surface area contributed by atoms with Crippen LogP contribution in [0, 0.1) is 0 Å². The highest BCUT2D eigenvalue weighted by Gasteiger charge is 2.48. The van der Waals surface area contributed by atoms with Gasteiger partial charge in [0.15, 0.2) is 18.5 Å². The minimum Gasteiger partial charge on any atom is -0.463 e. The van der Waals surface area contributed by atoms with Crippen molar-refractivity contribution < 1.29 is 38.4 Å². The number of esters is 3. The zero-order valence-corrected chi connectivity index (χ0v) is 12.0. The van der Waals surface area contributed by atoms with Gasteiger partial charge >= 0.3 is 17.9 Å². The van der Waals surface area contributed by atoms with E-state index in [1.807, 2.05) is 0 Å². The van der Waals surface area contributed by atoms with Crippen molar-refractivity contribution in [2.45, 2.75) is 51.4 Å². The van der Waals surface area contributed by atoms with Gasteiger partial charge < -0.3 is 29.8 Å². The number of ether oxygens (including phenoxy) is 4. The van der Waals surface area contributed by atoms with E-state index < -0.39 is 48.6 Å². The molecule has 0 aromatic carbocycles. The third kappa shape index (κ3) is 4.96. The standard InChI is InChI=1S/C12H19NO8/c1-5(14)18-4-8-10(19-6(2)15)11(20-7(3)16)9(13)12(17)21-8/h8-12,17H,4,13H2,1-3H3/t8-,9?,10?,11-,12-/m1/s1. The molecule has 3 N–H and O–H groups in total. The fraction of sp³-hybridized carbons (Fsp3) is 0.750. The largest absolute Gasteiger partial charge is 0.463 e. The van der Waals surface area contributed by atoms with Gasteiger partial charge in [-0.05, 0) is 0 Å². The van der Waals surface area contributed by atoms with Gasteiger partial charge in [-0.3, -0.25) is 14.4 Å². The van der Waals surface area contributed by atoms with Gasteiger partial charge in [-0.15, -0.1) is 0 Å². The smallest absolute Gasteiger partial charge is 0.303 e. The number of carbonyl (C=O) groups excluding carboxylic acids is 3. The maximum Gasteiger partial charge on any atom is 0.303 e. The first kappa shape index (κ1) is 17.3. The molecule has 21 heavy (non-hydrogen) atoms. The summed E-state index contributed by atoms with van der Waals surface area (Å²) in [5.74, 6) is -1.89. The van der Waals surface area contributed by atoms with Crippen molar-refractivity contribution in [2.75, 3.05) is 6.61 Å². The lowest BCUT2D eigenvalue weighted by molar-refractivity contribution is -0.260. The molecule has 0 amide bonds. The third-order valence-electron chi connectivity index (χ3n) is 2.77. The van der Waals surface area contributed by atoms with Crippen molar-refractivity contribution in [1.29, 1.82) is 0 Å². The van der Waals surface area contributed by atoms with E-state index in [1.54, 1.807) is 0 Å². The second kappa shape index (κ2) is 7.34. The summed E-state index contributed by atoms with van der Waals surface area (Å²) in [6.45, 7) is 3.22. The molecule has 1 heterocycles. The topological polar surface area (TPSA) is 134 Å². The Morgan fingerprint density at radius 2 is 1.57 bits per heavy atom. The highest BCUT2D eigenvalue weighted by molar-refractivity contribution is 5.67. The fourth-order valence-corrected chi connectivity index (χ4v) is 1.95. The van der Waals surface area contributed by atoms with Gasteiger partial charge in [0, 0.05) is 20.8 Å². The first-order valence-corrected chi connectivity index (χ1v) is 6.29. The van der Waals surface area contributed by atoms with E-state index >= 15 is 0 Å². The fourth-order valence-electron chi connectivity index (χ4n) is 1.95. The van der Waals surface area contributed by atoms with Crippen molar-refractivity contribution in [2.24, 2.45) is 5.73 Å². The van der Waals surface area contributed by atoms with E-state index in [1.165, 1.54) is 6.92 Å². The molecule has 9 heteroatoms. The Hall–Kier alpha value is -1.71. The summed E-state index contributed by atoms with van der Waals surface area (Å²) in [4.78, 5) is 33.2. The monoisotopic (exact) mass is 305 g/mol. The lowest BCUT2D eigenvalue weighted by atomic mass is 9.97. The molecule has 0 radical (unpaired) electrons. The first-order valence-electron chi connectivity index (χ1n) is 6.29. The van der Waals surface area contributed by atoms with Crippen LogP contribution in [0.5, 0.6) is 0 Å². The van der Waals surface area contributed by atoms with Crippen LogP contribution in [0.4, 0.5) is 0 Å². The van der Waals surface area contributed by atoms with Crippen LogP contribution < -0.4 is 5.73 Å². The van der Waals surface area contributed by atoms with Crippen molar-refractivity contribution in [3.8, 4) is 0 Å². The molecule has 0 saturated carbocycles. The van der Waals surface area contributed by atoms with Gasteiger partial charge in [0.2, 0.25) is 0 Å². The number of hydrogen-bond donors (Lipinski definition) is 2. The molecule has 1 aliphatic rings. The zero-order chi connectivity index (χ0) is 16.2. The summed E-state index contributed by atoms with van der Waals surface area (Å²) < 4.78 is 20.0. The Bertz CT molecular complexity index is 412. The molecule has 1 saturated heterocycles. The Morgan fingerprint density at radius 1 is 1.05 bits per heavy atom. The molecule has 9 nitrogen and oxygen atoms in total. The molecule has 1 rings (SSSR count). The molecule has 0 spiro atoms. The van der Waals surface area contributed by atoms with Crippen LogP contribution in [0.2, 0.25) is 0 Å². The van der Waals surface area contributed by atoms with E-state index in [2.05, 4.69) is 0 Å². The Morgan fingerprint density at radius 3 is 2.05 bits per heavy atom. The van der Waals surface area contributed by atoms with Crippen molar-refractivity contribution in [3.63, 3.8) is 0 Å². The van der Waals surface area contributed by atoms with Crippen LogP contribution in [0.3, 0.4) is 0 Å². The molecule has 1 aliphatic heterocycles. The summed E-state index contributed by atoms with van der Waals surface area (Å²) in [6, 6.07) is -1.10. The number of carbonyl (C=O) groups is 3. The number of aliphatic hydroxyl groups is 1. The van der Waals surface area contributed by atoms with Gasteiger partial charge in [0.05, 0.1) is 6.04 Å². The minimum atomic E-state index is -1.46. The van der Waals surface area contributed by atoms with Gasteiger partial charge in [0.1, 0.15) is 12.7 Å². The predicted octanol–water partition coefficient (Wildman–Crippen LogP) is -1.54. The van der Waals surface area contributed by atoms with Gasteiger partial charge in [-0.1, -0.05) is 0 Å². The SMILES string of the molecule is CC(=O)OC[C@H]1O[C@@H](O)C(N)[C@@H](OC(C)=O)C1OC(C)=O. The van der Waals surface area contributed by atoms with Crippen molar-refractivity contribution in [3.05, 3.63) is 0 Å². The molecule has 0 aromatic heterocycles. The molecular formula is C12H19NO8. The van der Waals surface area contributed by atoms with Crippen LogP contribution >= 0.6 is 0 Å². The molecule has 5 atom stereocenters. The number of rotatable bonds is 4. The van der Waals surface area contributed by atoms with E-state index in [9.17, 15) is 19.5 Å². The number of hydrogen-bond acceptors (Lipinski definition) is 9. The van der Waals surface area contributed by atoms with Crippen molar-refractivity contribution in [1.82, 2.24) is 0 Å². The van der Waals surface area contributed by atoms with Gasteiger partial charge in [-0.2, -0.15) is 0 Å². The van der Waals surface area contributed by atoms with Gasteiger partial charge in [-0.25, -0.2) is 0 Å². The quantitative estimate of drug-likeness (QED) is 0.468. The summed E-state index contributed by atoms with van der Waals surface area (Å²) in [5, 5.41) is 9.73.